The van der Waals surface area contributed by atoms with E-state index in [1.165, 1.54) is 12.3 Å². The van der Waals surface area contributed by atoms with Gasteiger partial charge in [-0.1, -0.05) is 23.2 Å². The van der Waals surface area contributed by atoms with Gasteiger partial charge in [0.05, 0.1) is 11.2 Å². The van der Waals surface area contributed by atoms with Crippen molar-refractivity contribution in [1.29, 1.82) is 0 Å². The molecule has 1 amide bonds. The van der Waals surface area contributed by atoms with E-state index in [0.29, 0.717) is 27.1 Å². The number of hydrogen-bond acceptors (Lipinski definition) is 5. The Morgan fingerprint density at radius 3 is 2.46 bits per heavy atom. The Bertz CT molecular complexity index is 809. The topological polar surface area (TPSA) is 97.2 Å². The molecule has 0 spiro atoms. The summed E-state index contributed by atoms with van der Waals surface area (Å²) in [4.78, 5) is 22.1. The number of amides is 1. The fraction of sp³-hybridized carbons (Fsp3) is 0.118. The van der Waals surface area contributed by atoms with Crippen molar-refractivity contribution >= 4 is 41.3 Å². The van der Waals surface area contributed by atoms with Gasteiger partial charge in [-0.2, -0.15) is 5.10 Å². The van der Waals surface area contributed by atoms with E-state index in [2.05, 4.69) is 10.5 Å². The van der Waals surface area contributed by atoms with Crippen LogP contribution in [0.1, 0.15) is 5.56 Å². The average Bonchev–Trinajstić information content (AvgIpc) is 2.60. The zero-order chi connectivity index (χ0) is 18.9. The maximum Gasteiger partial charge on any atom is 0.341 e. The standard InChI is InChI=1S/C17H14Cl2N2O5/c18-12-3-6-15(14(19)7-12)26-9-16(22)21-20-8-11-1-4-13(5-2-11)25-10-17(23)24/h1-8H,9-10H2,(H,21,22)(H,23,24)/b20-8+. The van der Waals surface area contributed by atoms with Gasteiger partial charge in [0.15, 0.2) is 13.2 Å². The van der Waals surface area contributed by atoms with Gasteiger partial charge in [-0.25, -0.2) is 10.2 Å². The summed E-state index contributed by atoms with van der Waals surface area (Å²) in [5.74, 6) is -0.761. The molecule has 26 heavy (non-hydrogen) atoms. The summed E-state index contributed by atoms with van der Waals surface area (Å²) < 4.78 is 10.3. The van der Waals surface area contributed by atoms with Gasteiger partial charge < -0.3 is 14.6 Å². The lowest BCUT2D eigenvalue weighted by molar-refractivity contribution is -0.139. The minimum Gasteiger partial charge on any atom is -0.482 e. The van der Waals surface area contributed by atoms with Crippen molar-refractivity contribution in [2.24, 2.45) is 5.10 Å². The Hall–Kier alpha value is -2.77. The average molecular weight is 397 g/mol. The van der Waals surface area contributed by atoms with Gasteiger partial charge in [-0.05, 0) is 48.0 Å². The number of rotatable bonds is 8. The van der Waals surface area contributed by atoms with Crippen LogP contribution in [0, 0.1) is 0 Å². The zero-order valence-corrected chi connectivity index (χ0v) is 14.8. The molecule has 0 heterocycles. The molecule has 0 atom stereocenters. The van der Waals surface area contributed by atoms with Crippen LogP contribution in [-0.4, -0.2) is 36.4 Å². The number of ether oxygens (including phenoxy) is 2. The minimum absolute atomic E-state index is 0.263. The van der Waals surface area contributed by atoms with Gasteiger partial charge in [-0.3, -0.25) is 4.79 Å². The van der Waals surface area contributed by atoms with E-state index >= 15 is 0 Å². The van der Waals surface area contributed by atoms with E-state index in [1.54, 1.807) is 36.4 Å². The zero-order valence-electron chi connectivity index (χ0n) is 13.3. The second kappa shape index (κ2) is 9.65. The Labute approximate surface area is 159 Å². The second-order valence-electron chi connectivity index (χ2n) is 4.91. The largest absolute Gasteiger partial charge is 0.482 e. The molecule has 2 aromatic rings. The number of carboxylic acids is 1. The second-order valence-corrected chi connectivity index (χ2v) is 5.75. The summed E-state index contributed by atoms with van der Waals surface area (Å²) in [5, 5.41) is 13.1. The SMILES string of the molecule is O=C(O)COc1ccc(/C=N/NC(=O)COc2ccc(Cl)cc2Cl)cc1. The first kappa shape index (κ1) is 19.6. The van der Waals surface area contributed by atoms with Crippen LogP contribution in [0.2, 0.25) is 10.0 Å². The number of nitrogens with zero attached hydrogens (tertiary/aromatic N) is 1. The van der Waals surface area contributed by atoms with Crippen molar-refractivity contribution in [2.45, 2.75) is 0 Å². The normalized spacial score (nSPS) is 10.5. The summed E-state index contributed by atoms with van der Waals surface area (Å²) in [7, 11) is 0. The van der Waals surface area contributed by atoms with Gasteiger partial charge in [0.25, 0.3) is 5.91 Å². The molecule has 0 aliphatic heterocycles. The molecule has 0 fully saturated rings. The number of carbonyl (C=O) groups is 2. The van der Waals surface area contributed by atoms with Gasteiger partial charge in [0.1, 0.15) is 11.5 Å². The summed E-state index contributed by atoms with van der Waals surface area (Å²) in [6, 6.07) is 11.2. The molecule has 2 rings (SSSR count). The molecule has 0 aliphatic rings. The van der Waals surface area contributed by atoms with E-state index in [4.69, 9.17) is 37.8 Å². The van der Waals surface area contributed by atoms with Crippen molar-refractivity contribution in [3.05, 3.63) is 58.1 Å². The van der Waals surface area contributed by atoms with E-state index in [9.17, 15) is 9.59 Å². The summed E-state index contributed by atoms with van der Waals surface area (Å²) in [6.07, 6.45) is 1.42. The van der Waals surface area contributed by atoms with E-state index in [1.807, 2.05) is 0 Å². The van der Waals surface area contributed by atoms with E-state index in [0.717, 1.165) is 0 Å². The van der Waals surface area contributed by atoms with Crippen LogP contribution in [0.4, 0.5) is 0 Å². The van der Waals surface area contributed by atoms with Crippen LogP contribution in [0.3, 0.4) is 0 Å². The molecule has 0 radical (unpaired) electrons. The molecule has 2 aromatic carbocycles. The number of hydrazone groups is 1. The Balaban J connectivity index is 1.78. The number of aliphatic carboxylic acids is 1. The molecule has 0 bridgehead atoms. The molecule has 0 saturated heterocycles. The first-order valence-electron chi connectivity index (χ1n) is 7.28. The molecular weight excluding hydrogens is 383 g/mol. The third kappa shape index (κ3) is 6.62. The monoisotopic (exact) mass is 396 g/mol. The lowest BCUT2D eigenvalue weighted by atomic mass is 10.2. The Morgan fingerprint density at radius 2 is 1.81 bits per heavy atom. The number of hydrogen-bond donors (Lipinski definition) is 2. The number of halogens is 2. The Morgan fingerprint density at radius 1 is 1.08 bits per heavy atom. The third-order valence-corrected chi connectivity index (χ3v) is 3.43. The lowest BCUT2D eigenvalue weighted by Crippen LogP contribution is -2.24. The third-order valence-electron chi connectivity index (χ3n) is 2.90. The number of nitrogens with one attached hydrogen (secondary N) is 1. The quantitative estimate of drug-likeness (QED) is 0.527. The number of carbonyl (C=O) groups excluding carboxylic acids is 1. The van der Waals surface area contributed by atoms with Crippen LogP contribution < -0.4 is 14.9 Å². The van der Waals surface area contributed by atoms with Gasteiger partial charge in [0.2, 0.25) is 0 Å². The van der Waals surface area contributed by atoms with Crippen LogP contribution in [0.25, 0.3) is 0 Å². The first-order chi connectivity index (χ1) is 12.4. The lowest BCUT2D eigenvalue weighted by Gasteiger charge is -2.07. The van der Waals surface area contributed by atoms with Gasteiger partial charge in [0, 0.05) is 5.02 Å². The highest BCUT2D eigenvalue weighted by Gasteiger charge is 2.05. The van der Waals surface area contributed by atoms with Crippen molar-refractivity contribution in [1.82, 2.24) is 5.43 Å². The fourth-order valence-corrected chi connectivity index (χ4v) is 2.20. The van der Waals surface area contributed by atoms with Crippen LogP contribution >= 0.6 is 23.2 Å². The maximum absolute atomic E-state index is 11.7. The predicted octanol–water partition coefficient (Wildman–Crippen LogP) is 2.99. The molecule has 0 saturated carbocycles. The summed E-state index contributed by atoms with van der Waals surface area (Å²) in [5.41, 5.74) is 3.00. The molecular formula is C17H14Cl2N2O5. The fourth-order valence-electron chi connectivity index (χ4n) is 1.74. The van der Waals surface area contributed by atoms with Crippen LogP contribution in [0.5, 0.6) is 11.5 Å². The van der Waals surface area contributed by atoms with Crippen molar-refractivity contribution < 1.29 is 24.2 Å². The van der Waals surface area contributed by atoms with Gasteiger partial charge in [-0.15, -0.1) is 0 Å². The first-order valence-corrected chi connectivity index (χ1v) is 8.04. The highest BCUT2D eigenvalue weighted by atomic mass is 35.5. The predicted molar refractivity (Wildman–Crippen MR) is 97.3 cm³/mol. The van der Waals surface area contributed by atoms with Crippen LogP contribution in [-0.2, 0) is 9.59 Å². The molecule has 136 valence electrons. The molecule has 9 heteroatoms. The summed E-state index contributed by atoms with van der Waals surface area (Å²) >= 11 is 11.7. The number of benzene rings is 2. The molecule has 2 N–H and O–H groups in total. The summed E-state index contributed by atoms with van der Waals surface area (Å²) in [6.45, 7) is -0.679. The van der Waals surface area contributed by atoms with Crippen LogP contribution in [0.15, 0.2) is 47.6 Å². The van der Waals surface area contributed by atoms with Crippen molar-refractivity contribution in [2.75, 3.05) is 13.2 Å². The number of carboxylic acid groups (broad SMARTS) is 1. The van der Waals surface area contributed by atoms with Gasteiger partial charge >= 0.3 is 5.97 Å². The van der Waals surface area contributed by atoms with Crippen molar-refractivity contribution in [3.63, 3.8) is 0 Å². The Kier molecular flexibility index (Phi) is 7.25. The van der Waals surface area contributed by atoms with E-state index in [-0.39, 0.29) is 6.61 Å². The highest BCUT2D eigenvalue weighted by Crippen LogP contribution is 2.27. The molecule has 0 aromatic heterocycles. The van der Waals surface area contributed by atoms with Crippen molar-refractivity contribution in [3.8, 4) is 11.5 Å². The highest BCUT2D eigenvalue weighted by molar-refractivity contribution is 6.35. The maximum atomic E-state index is 11.7. The molecule has 7 nitrogen and oxygen atoms in total. The molecule has 0 unspecified atom stereocenters. The molecule has 0 aliphatic carbocycles. The minimum atomic E-state index is -1.06. The smallest absolute Gasteiger partial charge is 0.341 e. The van der Waals surface area contributed by atoms with E-state index < -0.39 is 18.5 Å².